The number of hydrogen-bond donors (Lipinski definition) is 3. The number of halogens is 1. The summed E-state index contributed by atoms with van der Waals surface area (Å²) < 4.78 is 5.40. The molecule has 4 N–H and O–H groups in total. The van der Waals surface area contributed by atoms with E-state index in [4.69, 9.17) is 10.5 Å². The molecule has 7 heteroatoms. The predicted octanol–water partition coefficient (Wildman–Crippen LogP) is 1.26. The summed E-state index contributed by atoms with van der Waals surface area (Å²) in [6.45, 7) is 2.17. The molecule has 0 bridgehead atoms. The summed E-state index contributed by atoms with van der Waals surface area (Å²) in [5.41, 5.74) is 6.13. The number of aromatic hydroxyl groups is 1. The molecular formula is C12H15IN2O4. The SMILES string of the molecule is CCOC(=O)CCNC(=O)c1cc([125I])c(N)cc1O. The Bertz CT molecular complexity index is 491. The van der Waals surface area contributed by atoms with Crippen LogP contribution in [-0.4, -0.2) is 30.1 Å². The first-order valence-corrected chi connectivity index (χ1v) is 6.75. The normalized spacial score (nSPS) is 10.0. The first-order chi connectivity index (χ1) is 8.95. The number of phenolic OH excluding ortho intramolecular Hbond substituents is 1. The molecule has 0 heterocycles. The fourth-order valence-electron chi connectivity index (χ4n) is 1.37. The number of rotatable bonds is 5. The zero-order chi connectivity index (χ0) is 14.4. The van der Waals surface area contributed by atoms with Crippen LogP contribution in [0, 0.1) is 3.57 Å². The summed E-state index contributed by atoms with van der Waals surface area (Å²) in [6, 6.07) is 2.81. The van der Waals surface area contributed by atoms with Gasteiger partial charge in [-0.15, -0.1) is 0 Å². The molecule has 1 amide bonds. The molecule has 6 nitrogen and oxygen atoms in total. The van der Waals surface area contributed by atoms with Gasteiger partial charge in [-0.25, -0.2) is 0 Å². The number of esters is 1. The minimum Gasteiger partial charge on any atom is -0.507 e. The van der Waals surface area contributed by atoms with Crippen molar-refractivity contribution in [3.05, 3.63) is 21.3 Å². The summed E-state index contributed by atoms with van der Waals surface area (Å²) in [5, 5.41) is 12.2. The van der Waals surface area contributed by atoms with E-state index in [1.54, 1.807) is 6.92 Å². The molecule has 0 spiro atoms. The maximum absolute atomic E-state index is 11.8. The summed E-state index contributed by atoms with van der Waals surface area (Å²) in [5.74, 6) is -1.02. The predicted molar refractivity (Wildman–Crippen MR) is 78.8 cm³/mol. The maximum atomic E-state index is 11.8. The first-order valence-electron chi connectivity index (χ1n) is 5.67. The minimum absolute atomic E-state index is 0.0897. The average molecular weight is 376 g/mol. The monoisotopic (exact) mass is 376 g/mol. The third-order valence-corrected chi connectivity index (χ3v) is 3.21. The Labute approximate surface area is 124 Å². The number of ether oxygens (including phenoxy) is 1. The molecule has 0 aromatic heterocycles. The van der Waals surface area contributed by atoms with Crippen LogP contribution in [0.4, 0.5) is 5.69 Å². The zero-order valence-electron chi connectivity index (χ0n) is 10.4. The van der Waals surface area contributed by atoms with Crippen LogP contribution in [0.2, 0.25) is 0 Å². The van der Waals surface area contributed by atoms with Gasteiger partial charge in [-0.2, -0.15) is 0 Å². The Hall–Kier alpha value is -1.51. The van der Waals surface area contributed by atoms with E-state index in [-0.39, 0.29) is 30.2 Å². The van der Waals surface area contributed by atoms with Crippen molar-refractivity contribution in [3.8, 4) is 5.75 Å². The van der Waals surface area contributed by atoms with Gasteiger partial charge in [0, 0.05) is 21.9 Å². The lowest BCUT2D eigenvalue weighted by Crippen LogP contribution is -2.26. The highest BCUT2D eigenvalue weighted by atomic mass is 125. The van der Waals surface area contributed by atoms with Gasteiger partial charge >= 0.3 is 5.97 Å². The van der Waals surface area contributed by atoms with E-state index < -0.39 is 5.91 Å². The number of benzene rings is 1. The van der Waals surface area contributed by atoms with Gasteiger partial charge in [0.05, 0.1) is 18.6 Å². The lowest BCUT2D eigenvalue weighted by atomic mass is 10.1. The molecule has 0 atom stereocenters. The largest absolute Gasteiger partial charge is 0.507 e. The summed E-state index contributed by atoms with van der Waals surface area (Å²) in [7, 11) is 0. The molecule has 104 valence electrons. The first kappa shape index (κ1) is 15.5. The highest BCUT2D eigenvalue weighted by Crippen LogP contribution is 2.25. The number of nitrogens with one attached hydrogen (secondary N) is 1. The number of phenols is 1. The van der Waals surface area contributed by atoms with Gasteiger partial charge in [-0.05, 0) is 35.6 Å². The van der Waals surface area contributed by atoms with Gasteiger partial charge in [0.25, 0.3) is 5.91 Å². The number of amides is 1. The van der Waals surface area contributed by atoms with Crippen molar-refractivity contribution in [3.63, 3.8) is 0 Å². The van der Waals surface area contributed by atoms with Crippen molar-refractivity contribution in [2.24, 2.45) is 0 Å². The molecule has 0 saturated heterocycles. The Kier molecular flexibility index (Phi) is 5.87. The molecule has 0 unspecified atom stereocenters. The third-order valence-electron chi connectivity index (χ3n) is 2.28. The minimum atomic E-state index is -0.459. The molecule has 1 aromatic rings. The molecule has 0 aliphatic rings. The Morgan fingerprint density at radius 2 is 2.16 bits per heavy atom. The summed E-state index contributed by atoms with van der Waals surface area (Å²) >= 11 is 1.97. The van der Waals surface area contributed by atoms with E-state index in [2.05, 4.69) is 5.32 Å². The van der Waals surface area contributed by atoms with E-state index in [1.165, 1.54) is 12.1 Å². The second-order valence-corrected chi connectivity index (χ2v) is 4.86. The van der Waals surface area contributed by atoms with Crippen LogP contribution < -0.4 is 11.1 Å². The van der Waals surface area contributed by atoms with E-state index in [1.807, 2.05) is 22.6 Å². The van der Waals surface area contributed by atoms with Crippen molar-refractivity contribution in [2.45, 2.75) is 13.3 Å². The number of nitrogens with two attached hydrogens (primary N) is 1. The van der Waals surface area contributed by atoms with E-state index >= 15 is 0 Å². The summed E-state index contributed by atoms with van der Waals surface area (Å²) in [6.07, 6.45) is 0.0897. The van der Waals surface area contributed by atoms with Crippen molar-refractivity contribution >= 4 is 40.2 Å². The number of nitrogen functional groups attached to an aromatic ring is 1. The number of carbonyl (C=O) groups excluding carboxylic acids is 2. The third kappa shape index (κ3) is 4.58. The molecule has 0 aliphatic carbocycles. The van der Waals surface area contributed by atoms with Crippen LogP contribution in [0.1, 0.15) is 23.7 Å². The van der Waals surface area contributed by atoms with Crippen LogP contribution >= 0.6 is 22.6 Å². The number of hydrogen-bond acceptors (Lipinski definition) is 5. The Morgan fingerprint density at radius 3 is 2.79 bits per heavy atom. The number of anilines is 1. The summed E-state index contributed by atoms with van der Waals surface area (Å²) in [4.78, 5) is 22.9. The van der Waals surface area contributed by atoms with Gasteiger partial charge in [0.2, 0.25) is 0 Å². The fraction of sp³-hybridized carbons (Fsp3) is 0.333. The molecule has 19 heavy (non-hydrogen) atoms. The molecule has 1 rings (SSSR count). The zero-order valence-corrected chi connectivity index (χ0v) is 12.6. The van der Waals surface area contributed by atoms with Gasteiger partial charge < -0.3 is 20.9 Å². The van der Waals surface area contributed by atoms with Gasteiger partial charge in [0.15, 0.2) is 0 Å². The second kappa shape index (κ2) is 7.17. The molecular weight excluding hydrogens is 361 g/mol. The highest BCUT2D eigenvalue weighted by Gasteiger charge is 2.13. The molecule has 1 aromatic carbocycles. The van der Waals surface area contributed by atoms with Crippen LogP contribution in [-0.2, 0) is 9.53 Å². The van der Waals surface area contributed by atoms with Crippen LogP contribution in [0.5, 0.6) is 5.75 Å². The number of carbonyl (C=O) groups is 2. The van der Waals surface area contributed by atoms with Crippen molar-refractivity contribution in [1.82, 2.24) is 5.32 Å². The van der Waals surface area contributed by atoms with Crippen LogP contribution in [0.15, 0.2) is 12.1 Å². The highest BCUT2D eigenvalue weighted by molar-refractivity contribution is 14.1. The topological polar surface area (TPSA) is 102 Å². The van der Waals surface area contributed by atoms with Gasteiger partial charge in [-0.1, -0.05) is 0 Å². The van der Waals surface area contributed by atoms with Crippen molar-refractivity contribution in [1.29, 1.82) is 0 Å². The molecule has 0 fully saturated rings. The van der Waals surface area contributed by atoms with E-state index in [0.717, 1.165) is 0 Å². The van der Waals surface area contributed by atoms with Crippen molar-refractivity contribution < 1.29 is 19.4 Å². The molecule has 0 aliphatic heterocycles. The fourth-order valence-corrected chi connectivity index (χ4v) is 1.83. The van der Waals surface area contributed by atoms with Crippen molar-refractivity contribution in [2.75, 3.05) is 18.9 Å². The van der Waals surface area contributed by atoms with Gasteiger partial charge in [0.1, 0.15) is 5.75 Å². The van der Waals surface area contributed by atoms with Gasteiger partial charge in [-0.3, -0.25) is 9.59 Å². The van der Waals surface area contributed by atoms with Crippen LogP contribution in [0.25, 0.3) is 0 Å². The average Bonchev–Trinajstić information content (AvgIpc) is 2.34. The second-order valence-electron chi connectivity index (χ2n) is 3.70. The lowest BCUT2D eigenvalue weighted by molar-refractivity contribution is -0.142. The smallest absolute Gasteiger partial charge is 0.307 e. The Balaban J connectivity index is 2.59. The quantitative estimate of drug-likeness (QED) is 0.408. The van der Waals surface area contributed by atoms with Crippen LogP contribution in [0.3, 0.4) is 0 Å². The molecule has 0 saturated carbocycles. The maximum Gasteiger partial charge on any atom is 0.307 e. The standard InChI is InChI=1S/C12H15IN2O4/c1-2-19-11(17)3-4-15-12(18)7-5-8(13)9(14)6-10(7)16/h5-6,16H,2-4,14H2,1H3,(H,15,18)/i13-2. The van der Waals surface area contributed by atoms with E-state index in [0.29, 0.717) is 15.9 Å². The van der Waals surface area contributed by atoms with E-state index in [9.17, 15) is 14.7 Å². The Morgan fingerprint density at radius 1 is 1.47 bits per heavy atom. The lowest BCUT2D eigenvalue weighted by Gasteiger charge is -2.08. The molecule has 0 radical (unpaired) electrons.